The summed E-state index contributed by atoms with van der Waals surface area (Å²) in [5, 5.41) is 13.2. The Balaban J connectivity index is 1.80. The summed E-state index contributed by atoms with van der Waals surface area (Å²) in [5.41, 5.74) is 5.15. The molecule has 0 aliphatic heterocycles. The van der Waals surface area contributed by atoms with Crippen molar-refractivity contribution in [2.24, 2.45) is 5.10 Å². The Hall–Kier alpha value is -3.04. The molecule has 1 N–H and O–H groups in total. The molecule has 0 aromatic heterocycles. The van der Waals surface area contributed by atoms with Crippen molar-refractivity contribution in [3.05, 3.63) is 58.6 Å². The Labute approximate surface area is 164 Å². The van der Waals surface area contributed by atoms with Gasteiger partial charge in [-0.15, -0.1) is 0 Å². The molecule has 2 aromatic rings. The van der Waals surface area contributed by atoms with Crippen molar-refractivity contribution in [3.8, 4) is 11.8 Å². The number of carbonyl (C=O) groups excluding carboxylic acids is 1. The highest BCUT2D eigenvalue weighted by Crippen LogP contribution is 2.21. The number of nitriles is 1. The molecule has 7 heteroatoms. The number of hydrogen-bond donors (Lipinski definition) is 1. The van der Waals surface area contributed by atoms with E-state index in [1.807, 2.05) is 43.1 Å². The summed E-state index contributed by atoms with van der Waals surface area (Å²) in [6, 6.07) is 15.0. The van der Waals surface area contributed by atoms with Gasteiger partial charge in [-0.25, -0.2) is 5.43 Å². The third-order valence-electron chi connectivity index (χ3n) is 3.79. The maximum atomic E-state index is 11.8. The van der Waals surface area contributed by atoms with Crippen LogP contribution in [-0.2, 0) is 4.79 Å². The SMILES string of the molecule is Cc1cc(Cl)ccc1OCC(=O)N/N=C\c1ccc(N(C)CCC#N)cc1. The van der Waals surface area contributed by atoms with Gasteiger partial charge in [-0.3, -0.25) is 4.79 Å². The molecule has 0 radical (unpaired) electrons. The van der Waals surface area contributed by atoms with Gasteiger partial charge in [0.05, 0.1) is 18.7 Å². The molecule has 0 heterocycles. The van der Waals surface area contributed by atoms with Crippen molar-refractivity contribution in [3.63, 3.8) is 0 Å². The lowest BCUT2D eigenvalue weighted by molar-refractivity contribution is -0.123. The molecule has 0 unspecified atom stereocenters. The van der Waals surface area contributed by atoms with Crippen LogP contribution in [0.25, 0.3) is 0 Å². The second-order valence-corrected chi connectivity index (χ2v) is 6.35. The quantitative estimate of drug-likeness (QED) is 0.558. The van der Waals surface area contributed by atoms with Crippen molar-refractivity contribution in [2.45, 2.75) is 13.3 Å². The van der Waals surface area contributed by atoms with E-state index >= 15 is 0 Å². The van der Waals surface area contributed by atoms with Gasteiger partial charge >= 0.3 is 0 Å². The van der Waals surface area contributed by atoms with Gasteiger partial charge in [0.25, 0.3) is 5.91 Å². The third-order valence-corrected chi connectivity index (χ3v) is 4.03. The van der Waals surface area contributed by atoms with Crippen LogP contribution in [0, 0.1) is 18.3 Å². The van der Waals surface area contributed by atoms with Gasteiger partial charge < -0.3 is 9.64 Å². The van der Waals surface area contributed by atoms with Crippen LogP contribution in [0.4, 0.5) is 5.69 Å². The standard InChI is InChI=1S/C20H21ClN4O2/c1-15-12-17(21)6-9-19(15)27-14-20(26)24-23-13-16-4-7-18(8-5-16)25(2)11-3-10-22/h4-9,12-13H,3,11,14H2,1-2H3,(H,24,26)/b23-13-. The number of amides is 1. The molecule has 0 fully saturated rings. The fourth-order valence-corrected chi connectivity index (χ4v) is 2.52. The second kappa shape index (κ2) is 10.2. The minimum atomic E-state index is -0.353. The number of nitrogens with one attached hydrogen (secondary N) is 1. The smallest absolute Gasteiger partial charge is 0.277 e. The van der Waals surface area contributed by atoms with Crippen molar-refractivity contribution in [2.75, 3.05) is 25.1 Å². The number of rotatable bonds is 8. The summed E-state index contributed by atoms with van der Waals surface area (Å²) in [5.74, 6) is 0.253. The zero-order chi connectivity index (χ0) is 19.6. The van der Waals surface area contributed by atoms with E-state index in [2.05, 4.69) is 16.6 Å². The molecule has 0 saturated heterocycles. The second-order valence-electron chi connectivity index (χ2n) is 5.91. The van der Waals surface area contributed by atoms with E-state index < -0.39 is 0 Å². The number of anilines is 1. The number of aryl methyl sites for hydroxylation is 1. The average molecular weight is 385 g/mol. The lowest BCUT2D eigenvalue weighted by Crippen LogP contribution is -2.24. The number of carbonyl (C=O) groups is 1. The molecule has 0 atom stereocenters. The van der Waals surface area contributed by atoms with Gasteiger partial charge in [-0.2, -0.15) is 10.4 Å². The molecule has 2 rings (SSSR count). The summed E-state index contributed by atoms with van der Waals surface area (Å²) in [6.45, 7) is 2.40. The largest absolute Gasteiger partial charge is 0.483 e. The monoisotopic (exact) mass is 384 g/mol. The van der Waals surface area contributed by atoms with E-state index in [4.69, 9.17) is 21.6 Å². The molecule has 1 amide bonds. The number of ether oxygens (including phenoxy) is 1. The first-order chi connectivity index (χ1) is 13.0. The van der Waals surface area contributed by atoms with E-state index in [-0.39, 0.29) is 12.5 Å². The van der Waals surface area contributed by atoms with Crippen LogP contribution in [0.2, 0.25) is 5.02 Å². The Morgan fingerprint density at radius 1 is 1.33 bits per heavy atom. The number of nitrogens with zero attached hydrogens (tertiary/aromatic N) is 3. The van der Waals surface area contributed by atoms with Crippen LogP contribution >= 0.6 is 11.6 Å². The van der Waals surface area contributed by atoms with Crippen molar-refractivity contribution < 1.29 is 9.53 Å². The predicted molar refractivity (Wildman–Crippen MR) is 107 cm³/mol. The zero-order valence-corrected chi connectivity index (χ0v) is 16.0. The van der Waals surface area contributed by atoms with Crippen molar-refractivity contribution >= 4 is 29.4 Å². The summed E-state index contributed by atoms with van der Waals surface area (Å²) >= 11 is 5.89. The maximum absolute atomic E-state index is 11.8. The van der Waals surface area contributed by atoms with Gasteiger partial charge in [0.2, 0.25) is 0 Å². The van der Waals surface area contributed by atoms with Crippen LogP contribution < -0.4 is 15.1 Å². The molecule has 6 nitrogen and oxygen atoms in total. The van der Waals surface area contributed by atoms with Crippen LogP contribution in [0.3, 0.4) is 0 Å². The third kappa shape index (κ3) is 6.65. The van der Waals surface area contributed by atoms with Crippen LogP contribution in [-0.4, -0.2) is 32.3 Å². The van der Waals surface area contributed by atoms with E-state index in [1.165, 1.54) is 0 Å². The lowest BCUT2D eigenvalue weighted by Gasteiger charge is -2.17. The van der Waals surface area contributed by atoms with Crippen molar-refractivity contribution in [1.29, 1.82) is 5.26 Å². The topological polar surface area (TPSA) is 77.7 Å². The fourth-order valence-electron chi connectivity index (χ4n) is 2.29. The first-order valence-electron chi connectivity index (χ1n) is 8.38. The molecular formula is C20H21ClN4O2. The van der Waals surface area contributed by atoms with E-state index in [9.17, 15) is 4.79 Å². The molecule has 0 saturated carbocycles. The molecule has 0 spiro atoms. The zero-order valence-electron chi connectivity index (χ0n) is 15.3. The number of halogens is 1. The van der Waals surface area contributed by atoms with Crippen LogP contribution in [0.15, 0.2) is 47.6 Å². The van der Waals surface area contributed by atoms with Crippen molar-refractivity contribution in [1.82, 2.24) is 5.43 Å². The van der Waals surface area contributed by atoms with E-state index in [0.717, 1.165) is 16.8 Å². The summed E-state index contributed by atoms with van der Waals surface area (Å²) in [7, 11) is 1.93. The minimum absolute atomic E-state index is 0.136. The molecule has 0 bridgehead atoms. The molecule has 0 aliphatic rings. The Morgan fingerprint density at radius 2 is 2.07 bits per heavy atom. The highest BCUT2D eigenvalue weighted by atomic mass is 35.5. The Bertz CT molecular complexity index is 844. The number of hydrazone groups is 1. The Kier molecular flexibility index (Phi) is 7.65. The van der Waals surface area contributed by atoms with E-state index in [1.54, 1.807) is 24.4 Å². The number of benzene rings is 2. The minimum Gasteiger partial charge on any atom is -0.483 e. The fraction of sp³-hybridized carbons (Fsp3) is 0.250. The first-order valence-corrected chi connectivity index (χ1v) is 8.76. The van der Waals surface area contributed by atoms with E-state index in [0.29, 0.717) is 23.7 Å². The Morgan fingerprint density at radius 3 is 2.74 bits per heavy atom. The van der Waals surface area contributed by atoms with Crippen LogP contribution in [0.5, 0.6) is 5.75 Å². The molecule has 140 valence electrons. The van der Waals surface area contributed by atoms with Gasteiger partial charge in [-0.1, -0.05) is 23.7 Å². The predicted octanol–water partition coefficient (Wildman–Crippen LogP) is 3.53. The van der Waals surface area contributed by atoms with Gasteiger partial charge in [0, 0.05) is 24.3 Å². The van der Waals surface area contributed by atoms with Crippen LogP contribution in [0.1, 0.15) is 17.5 Å². The molecular weight excluding hydrogens is 364 g/mol. The maximum Gasteiger partial charge on any atom is 0.277 e. The van der Waals surface area contributed by atoms with Gasteiger partial charge in [0.1, 0.15) is 5.75 Å². The highest BCUT2D eigenvalue weighted by Gasteiger charge is 2.04. The summed E-state index contributed by atoms with van der Waals surface area (Å²) < 4.78 is 5.46. The normalized spacial score (nSPS) is 10.4. The molecule has 2 aromatic carbocycles. The molecule has 0 aliphatic carbocycles. The van der Waals surface area contributed by atoms with Gasteiger partial charge in [0.15, 0.2) is 6.61 Å². The average Bonchev–Trinajstić information content (AvgIpc) is 2.66. The molecule has 27 heavy (non-hydrogen) atoms. The van der Waals surface area contributed by atoms with Gasteiger partial charge in [-0.05, 0) is 48.4 Å². The summed E-state index contributed by atoms with van der Waals surface area (Å²) in [4.78, 5) is 13.8. The lowest BCUT2D eigenvalue weighted by atomic mass is 10.2. The summed E-state index contributed by atoms with van der Waals surface area (Å²) in [6.07, 6.45) is 2.04. The highest BCUT2D eigenvalue weighted by molar-refractivity contribution is 6.30. The number of hydrogen-bond acceptors (Lipinski definition) is 5. The first kappa shape index (κ1) is 20.3.